The summed E-state index contributed by atoms with van der Waals surface area (Å²) in [4.78, 5) is 2.90. The molecular weight excluding hydrogens is 244 g/mol. The second-order valence-corrected chi connectivity index (χ2v) is 5.24. The number of ether oxygens (including phenoxy) is 1. The first-order valence-electron chi connectivity index (χ1n) is 6.33. The molecule has 0 spiro atoms. The molecule has 0 radical (unpaired) electrons. The van der Waals surface area contributed by atoms with E-state index in [-0.39, 0.29) is 0 Å². The SMILES string of the molecule is COC1CCCN(Cc2ccc(C(N)=S)cc2)C1. The number of nitrogens with zero attached hydrogens (tertiary/aromatic N) is 1. The highest BCUT2D eigenvalue weighted by Gasteiger charge is 2.19. The minimum atomic E-state index is 0.384. The molecule has 1 heterocycles. The molecule has 0 amide bonds. The lowest BCUT2D eigenvalue weighted by molar-refractivity contribution is 0.0285. The molecule has 1 aliphatic rings. The highest BCUT2D eigenvalue weighted by Crippen LogP contribution is 2.15. The van der Waals surface area contributed by atoms with Gasteiger partial charge in [-0.2, -0.15) is 0 Å². The molecule has 3 nitrogen and oxygen atoms in total. The number of likely N-dealkylation sites (tertiary alicyclic amines) is 1. The summed E-state index contributed by atoms with van der Waals surface area (Å²) in [6, 6.07) is 8.20. The van der Waals surface area contributed by atoms with Crippen LogP contribution in [0.15, 0.2) is 24.3 Å². The van der Waals surface area contributed by atoms with E-state index in [9.17, 15) is 0 Å². The fraction of sp³-hybridized carbons (Fsp3) is 0.500. The molecule has 2 N–H and O–H groups in total. The highest BCUT2D eigenvalue weighted by atomic mass is 32.1. The summed E-state index contributed by atoms with van der Waals surface area (Å²) in [5, 5.41) is 0. The van der Waals surface area contributed by atoms with Crippen LogP contribution in [0.1, 0.15) is 24.0 Å². The molecule has 1 aromatic rings. The third-order valence-corrected chi connectivity index (χ3v) is 3.68. The standard InChI is InChI=1S/C14H20N2OS/c1-17-13-3-2-8-16(10-13)9-11-4-6-12(7-5-11)14(15)18/h4-7,13H,2-3,8-10H2,1H3,(H2,15,18). The van der Waals surface area contributed by atoms with Gasteiger partial charge in [-0.15, -0.1) is 0 Å². The van der Waals surface area contributed by atoms with Gasteiger partial charge in [0.2, 0.25) is 0 Å². The molecule has 2 rings (SSSR count). The van der Waals surface area contributed by atoms with Crippen LogP contribution in [-0.2, 0) is 11.3 Å². The lowest BCUT2D eigenvalue weighted by Crippen LogP contribution is -2.38. The fourth-order valence-electron chi connectivity index (χ4n) is 2.38. The Morgan fingerprint density at radius 1 is 1.44 bits per heavy atom. The first kappa shape index (κ1) is 13.5. The zero-order valence-electron chi connectivity index (χ0n) is 10.8. The Hall–Kier alpha value is -0.970. The van der Waals surface area contributed by atoms with Crippen LogP contribution < -0.4 is 5.73 Å². The fourth-order valence-corrected chi connectivity index (χ4v) is 2.52. The van der Waals surface area contributed by atoms with Crippen molar-refractivity contribution < 1.29 is 4.74 Å². The van der Waals surface area contributed by atoms with Crippen LogP contribution in [0.3, 0.4) is 0 Å². The largest absolute Gasteiger partial charge is 0.389 e. The van der Waals surface area contributed by atoms with E-state index in [1.807, 2.05) is 12.1 Å². The molecule has 1 unspecified atom stereocenters. The van der Waals surface area contributed by atoms with Crippen molar-refractivity contribution in [3.8, 4) is 0 Å². The van der Waals surface area contributed by atoms with Crippen molar-refractivity contribution >= 4 is 17.2 Å². The normalized spacial score (nSPS) is 20.8. The second-order valence-electron chi connectivity index (χ2n) is 4.80. The number of methoxy groups -OCH3 is 1. The molecule has 0 aromatic heterocycles. The first-order valence-corrected chi connectivity index (χ1v) is 6.74. The van der Waals surface area contributed by atoms with Gasteiger partial charge in [-0.3, -0.25) is 4.90 Å². The topological polar surface area (TPSA) is 38.5 Å². The highest BCUT2D eigenvalue weighted by molar-refractivity contribution is 7.80. The zero-order valence-corrected chi connectivity index (χ0v) is 11.6. The van der Waals surface area contributed by atoms with Gasteiger partial charge < -0.3 is 10.5 Å². The van der Waals surface area contributed by atoms with Gasteiger partial charge >= 0.3 is 0 Å². The third kappa shape index (κ3) is 3.51. The van der Waals surface area contributed by atoms with Crippen molar-refractivity contribution in [1.29, 1.82) is 0 Å². The molecular formula is C14H20N2OS. The summed E-state index contributed by atoms with van der Waals surface area (Å²) in [6.07, 6.45) is 2.77. The van der Waals surface area contributed by atoms with E-state index in [0.717, 1.165) is 25.2 Å². The van der Waals surface area contributed by atoms with Crippen molar-refractivity contribution in [2.45, 2.75) is 25.5 Å². The van der Waals surface area contributed by atoms with Gasteiger partial charge in [0, 0.05) is 25.8 Å². The van der Waals surface area contributed by atoms with E-state index in [0.29, 0.717) is 11.1 Å². The van der Waals surface area contributed by atoms with Gasteiger partial charge in [-0.25, -0.2) is 0 Å². The van der Waals surface area contributed by atoms with E-state index < -0.39 is 0 Å². The average molecular weight is 264 g/mol. The van der Waals surface area contributed by atoms with Crippen LogP contribution in [0, 0.1) is 0 Å². The Bertz CT molecular complexity index is 405. The zero-order chi connectivity index (χ0) is 13.0. The minimum Gasteiger partial charge on any atom is -0.389 e. The van der Waals surface area contributed by atoms with E-state index in [1.54, 1.807) is 7.11 Å². The number of thiocarbonyl (C=S) groups is 1. The van der Waals surface area contributed by atoms with Crippen LogP contribution >= 0.6 is 12.2 Å². The van der Waals surface area contributed by atoms with Gasteiger partial charge in [0.25, 0.3) is 0 Å². The lowest BCUT2D eigenvalue weighted by atomic mass is 10.1. The third-order valence-electron chi connectivity index (χ3n) is 3.44. The number of piperidine rings is 1. The maximum Gasteiger partial charge on any atom is 0.103 e. The van der Waals surface area contributed by atoms with Crippen LogP contribution in [-0.4, -0.2) is 36.2 Å². The number of hydrogen-bond acceptors (Lipinski definition) is 3. The summed E-state index contributed by atoms with van der Waals surface area (Å²) in [5.74, 6) is 0. The molecule has 4 heteroatoms. The van der Waals surface area contributed by atoms with Crippen LogP contribution in [0.2, 0.25) is 0 Å². The Balaban J connectivity index is 1.94. The average Bonchev–Trinajstić information content (AvgIpc) is 2.39. The number of nitrogens with two attached hydrogens (primary N) is 1. The van der Waals surface area contributed by atoms with Crippen molar-refractivity contribution in [2.75, 3.05) is 20.2 Å². The molecule has 1 saturated heterocycles. The molecule has 0 aliphatic carbocycles. The number of hydrogen-bond donors (Lipinski definition) is 1. The summed E-state index contributed by atoms with van der Waals surface area (Å²) in [7, 11) is 1.80. The number of rotatable bonds is 4. The first-order chi connectivity index (χ1) is 8.69. The van der Waals surface area contributed by atoms with Gasteiger partial charge in [0.05, 0.1) is 6.10 Å². The Morgan fingerprint density at radius 3 is 2.78 bits per heavy atom. The molecule has 18 heavy (non-hydrogen) atoms. The Labute approximate surface area is 114 Å². The maximum atomic E-state index is 5.59. The predicted molar refractivity (Wildman–Crippen MR) is 77.6 cm³/mol. The molecule has 1 aliphatic heterocycles. The van der Waals surface area contributed by atoms with Crippen molar-refractivity contribution in [3.63, 3.8) is 0 Å². The maximum absolute atomic E-state index is 5.59. The van der Waals surface area contributed by atoms with Crippen LogP contribution in [0.5, 0.6) is 0 Å². The van der Waals surface area contributed by atoms with Crippen molar-refractivity contribution in [2.24, 2.45) is 5.73 Å². The molecule has 1 fully saturated rings. The summed E-state index contributed by atoms with van der Waals surface area (Å²) < 4.78 is 5.43. The quantitative estimate of drug-likeness (QED) is 0.843. The van der Waals surface area contributed by atoms with Crippen molar-refractivity contribution in [1.82, 2.24) is 4.90 Å². The molecule has 1 atom stereocenters. The van der Waals surface area contributed by atoms with E-state index >= 15 is 0 Å². The molecule has 0 bridgehead atoms. The summed E-state index contributed by atoms with van der Waals surface area (Å²) in [6.45, 7) is 3.14. The minimum absolute atomic E-state index is 0.384. The van der Waals surface area contributed by atoms with Gasteiger partial charge in [-0.1, -0.05) is 36.5 Å². The van der Waals surface area contributed by atoms with Gasteiger partial charge in [0.15, 0.2) is 0 Å². The van der Waals surface area contributed by atoms with Crippen molar-refractivity contribution in [3.05, 3.63) is 35.4 Å². The van der Waals surface area contributed by atoms with Crippen LogP contribution in [0.25, 0.3) is 0 Å². The lowest BCUT2D eigenvalue weighted by Gasteiger charge is -2.31. The monoisotopic (exact) mass is 264 g/mol. The Kier molecular flexibility index (Phi) is 4.69. The smallest absolute Gasteiger partial charge is 0.103 e. The van der Waals surface area contributed by atoms with Gasteiger partial charge in [0.1, 0.15) is 4.99 Å². The second kappa shape index (κ2) is 6.27. The van der Waals surface area contributed by atoms with E-state index in [4.69, 9.17) is 22.7 Å². The molecule has 1 aromatic carbocycles. The Morgan fingerprint density at radius 2 is 2.17 bits per heavy atom. The van der Waals surface area contributed by atoms with Gasteiger partial charge in [-0.05, 0) is 24.9 Å². The van der Waals surface area contributed by atoms with E-state index in [1.165, 1.54) is 18.4 Å². The number of benzene rings is 1. The summed E-state index contributed by atoms with van der Waals surface area (Å²) in [5.41, 5.74) is 7.82. The summed E-state index contributed by atoms with van der Waals surface area (Å²) >= 11 is 4.95. The predicted octanol–water partition coefficient (Wildman–Crippen LogP) is 1.93. The van der Waals surface area contributed by atoms with E-state index in [2.05, 4.69) is 17.0 Å². The molecule has 0 saturated carbocycles. The molecule has 98 valence electrons. The van der Waals surface area contributed by atoms with Crippen LogP contribution in [0.4, 0.5) is 0 Å².